The Kier molecular flexibility index (Phi) is 3.54. The van der Waals surface area contributed by atoms with E-state index in [0.717, 1.165) is 29.8 Å². The first-order chi connectivity index (χ1) is 8.17. The van der Waals surface area contributed by atoms with Gasteiger partial charge in [-0.05, 0) is 43.5 Å². The number of rotatable bonds is 3. The number of nitrogens with two attached hydrogens (primary N) is 1. The van der Waals surface area contributed by atoms with Gasteiger partial charge in [-0.25, -0.2) is 0 Å². The van der Waals surface area contributed by atoms with Gasteiger partial charge in [-0.15, -0.1) is 0 Å². The van der Waals surface area contributed by atoms with E-state index in [-0.39, 0.29) is 25.3 Å². The summed E-state index contributed by atoms with van der Waals surface area (Å²) in [6, 6.07) is 6.07. The van der Waals surface area contributed by atoms with E-state index in [2.05, 4.69) is 4.90 Å². The first kappa shape index (κ1) is 12.2. The standard InChI is InChI=1S/C13H20N2O2/c1-9-6-10(4-5-13(9)14)15-11(7-16)2-3-12(15)8-17/h4-6,11-12,16-17H,2-3,7-8,14H2,1H3. The average molecular weight is 236 g/mol. The molecule has 0 aliphatic carbocycles. The zero-order valence-corrected chi connectivity index (χ0v) is 10.1. The summed E-state index contributed by atoms with van der Waals surface area (Å²) in [5.74, 6) is 0. The largest absolute Gasteiger partial charge is 0.399 e. The van der Waals surface area contributed by atoms with E-state index in [0.29, 0.717) is 0 Å². The number of nitrogen functional groups attached to an aromatic ring is 1. The quantitative estimate of drug-likeness (QED) is 0.682. The van der Waals surface area contributed by atoms with Crippen LogP contribution in [0.3, 0.4) is 0 Å². The van der Waals surface area contributed by atoms with Crippen molar-refractivity contribution in [2.45, 2.75) is 31.8 Å². The van der Waals surface area contributed by atoms with Gasteiger partial charge >= 0.3 is 0 Å². The summed E-state index contributed by atoms with van der Waals surface area (Å²) in [6.07, 6.45) is 1.84. The molecule has 1 aliphatic rings. The number of hydrogen-bond donors (Lipinski definition) is 3. The molecule has 0 radical (unpaired) electrons. The number of nitrogens with zero attached hydrogens (tertiary/aromatic N) is 1. The molecule has 94 valence electrons. The van der Waals surface area contributed by atoms with Gasteiger partial charge < -0.3 is 20.8 Å². The minimum absolute atomic E-state index is 0.107. The summed E-state index contributed by atoms with van der Waals surface area (Å²) in [4.78, 5) is 2.12. The first-order valence-electron chi connectivity index (χ1n) is 6.03. The second kappa shape index (κ2) is 4.94. The van der Waals surface area contributed by atoms with Crippen LogP contribution in [0.4, 0.5) is 11.4 Å². The van der Waals surface area contributed by atoms with Gasteiger partial charge in [0.2, 0.25) is 0 Å². The lowest BCUT2D eigenvalue weighted by Crippen LogP contribution is -2.40. The summed E-state index contributed by atoms with van der Waals surface area (Å²) >= 11 is 0. The first-order valence-corrected chi connectivity index (χ1v) is 6.03. The van der Waals surface area contributed by atoms with Crippen molar-refractivity contribution in [3.63, 3.8) is 0 Å². The molecule has 0 amide bonds. The summed E-state index contributed by atoms with van der Waals surface area (Å²) in [5.41, 5.74) is 8.64. The van der Waals surface area contributed by atoms with Crippen LogP contribution in [-0.2, 0) is 0 Å². The van der Waals surface area contributed by atoms with Crippen molar-refractivity contribution >= 4 is 11.4 Å². The van der Waals surface area contributed by atoms with Crippen LogP contribution in [0, 0.1) is 6.92 Å². The molecule has 0 saturated carbocycles. The van der Waals surface area contributed by atoms with Crippen molar-refractivity contribution in [3.05, 3.63) is 23.8 Å². The molecular formula is C13H20N2O2. The van der Waals surface area contributed by atoms with Gasteiger partial charge in [0, 0.05) is 11.4 Å². The summed E-state index contributed by atoms with van der Waals surface area (Å²) in [7, 11) is 0. The normalized spacial score (nSPS) is 24.3. The summed E-state index contributed by atoms with van der Waals surface area (Å²) in [5, 5.41) is 18.8. The Morgan fingerprint density at radius 2 is 1.82 bits per heavy atom. The van der Waals surface area contributed by atoms with Crippen molar-refractivity contribution in [1.29, 1.82) is 0 Å². The van der Waals surface area contributed by atoms with Gasteiger partial charge in [-0.1, -0.05) is 0 Å². The fourth-order valence-corrected chi connectivity index (χ4v) is 2.56. The monoisotopic (exact) mass is 236 g/mol. The van der Waals surface area contributed by atoms with Crippen LogP contribution in [0.25, 0.3) is 0 Å². The second-order valence-corrected chi connectivity index (χ2v) is 4.70. The van der Waals surface area contributed by atoms with Crippen molar-refractivity contribution in [2.75, 3.05) is 23.8 Å². The molecular weight excluding hydrogens is 216 g/mol. The molecule has 4 nitrogen and oxygen atoms in total. The predicted octanol–water partition coefficient (Wildman–Crippen LogP) is 0.899. The van der Waals surface area contributed by atoms with E-state index in [9.17, 15) is 10.2 Å². The Balaban J connectivity index is 2.31. The number of benzene rings is 1. The molecule has 17 heavy (non-hydrogen) atoms. The molecule has 1 fully saturated rings. The molecule has 0 aromatic heterocycles. The molecule has 1 aromatic carbocycles. The third-order valence-corrected chi connectivity index (χ3v) is 3.59. The van der Waals surface area contributed by atoms with Crippen LogP contribution in [-0.4, -0.2) is 35.5 Å². The van der Waals surface area contributed by atoms with Crippen LogP contribution in [0.15, 0.2) is 18.2 Å². The lowest BCUT2D eigenvalue weighted by molar-refractivity contribution is 0.248. The molecule has 4 N–H and O–H groups in total. The van der Waals surface area contributed by atoms with Crippen LogP contribution in [0.2, 0.25) is 0 Å². The van der Waals surface area contributed by atoms with Gasteiger partial charge in [0.05, 0.1) is 25.3 Å². The molecule has 0 bridgehead atoms. The fourth-order valence-electron chi connectivity index (χ4n) is 2.56. The van der Waals surface area contributed by atoms with Crippen LogP contribution < -0.4 is 10.6 Å². The molecule has 2 rings (SSSR count). The smallest absolute Gasteiger partial charge is 0.0635 e. The minimum Gasteiger partial charge on any atom is -0.399 e. The zero-order valence-electron chi connectivity index (χ0n) is 10.1. The molecule has 1 heterocycles. The SMILES string of the molecule is Cc1cc(N2C(CO)CCC2CO)ccc1N. The van der Waals surface area contributed by atoms with E-state index < -0.39 is 0 Å². The molecule has 1 saturated heterocycles. The lowest BCUT2D eigenvalue weighted by atomic mass is 10.1. The maximum absolute atomic E-state index is 9.39. The third kappa shape index (κ3) is 2.23. The Bertz CT molecular complexity index is 383. The van der Waals surface area contributed by atoms with Gasteiger partial charge in [-0.3, -0.25) is 0 Å². The highest BCUT2D eigenvalue weighted by atomic mass is 16.3. The molecule has 1 aromatic rings. The Morgan fingerprint density at radius 1 is 1.24 bits per heavy atom. The zero-order chi connectivity index (χ0) is 12.4. The topological polar surface area (TPSA) is 69.7 Å². The van der Waals surface area contributed by atoms with E-state index in [4.69, 9.17) is 5.73 Å². The Hall–Kier alpha value is -1.26. The minimum atomic E-state index is 0.107. The van der Waals surface area contributed by atoms with Gasteiger partial charge in [0.15, 0.2) is 0 Å². The lowest BCUT2D eigenvalue weighted by Gasteiger charge is -2.31. The van der Waals surface area contributed by atoms with Gasteiger partial charge in [0.1, 0.15) is 0 Å². The van der Waals surface area contributed by atoms with E-state index >= 15 is 0 Å². The highest BCUT2D eigenvalue weighted by Gasteiger charge is 2.32. The van der Waals surface area contributed by atoms with Crippen molar-refractivity contribution in [3.8, 4) is 0 Å². The fraction of sp³-hybridized carbons (Fsp3) is 0.538. The average Bonchev–Trinajstić information content (AvgIpc) is 2.75. The van der Waals surface area contributed by atoms with Crippen LogP contribution in [0.5, 0.6) is 0 Å². The van der Waals surface area contributed by atoms with Crippen molar-refractivity contribution in [1.82, 2.24) is 0 Å². The van der Waals surface area contributed by atoms with E-state index in [1.807, 2.05) is 25.1 Å². The number of hydrogen-bond acceptors (Lipinski definition) is 4. The molecule has 1 aliphatic heterocycles. The van der Waals surface area contributed by atoms with Crippen molar-refractivity contribution < 1.29 is 10.2 Å². The van der Waals surface area contributed by atoms with E-state index in [1.165, 1.54) is 0 Å². The van der Waals surface area contributed by atoms with Crippen LogP contribution in [0.1, 0.15) is 18.4 Å². The molecule has 2 atom stereocenters. The molecule has 4 heteroatoms. The maximum Gasteiger partial charge on any atom is 0.0635 e. The van der Waals surface area contributed by atoms with E-state index in [1.54, 1.807) is 0 Å². The molecule has 0 spiro atoms. The second-order valence-electron chi connectivity index (χ2n) is 4.70. The van der Waals surface area contributed by atoms with Crippen LogP contribution >= 0.6 is 0 Å². The molecule has 2 unspecified atom stereocenters. The summed E-state index contributed by atoms with van der Waals surface area (Å²) < 4.78 is 0. The maximum atomic E-state index is 9.39. The van der Waals surface area contributed by atoms with Gasteiger partial charge in [0.25, 0.3) is 0 Å². The predicted molar refractivity (Wildman–Crippen MR) is 69.1 cm³/mol. The highest BCUT2D eigenvalue weighted by molar-refractivity contribution is 5.59. The third-order valence-electron chi connectivity index (χ3n) is 3.59. The number of aliphatic hydroxyl groups is 2. The highest BCUT2D eigenvalue weighted by Crippen LogP contribution is 2.31. The Labute approximate surface area is 102 Å². The number of anilines is 2. The van der Waals surface area contributed by atoms with Gasteiger partial charge in [-0.2, -0.15) is 0 Å². The number of aliphatic hydroxyl groups excluding tert-OH is 2. The summed E-state index contributed by atoms with van der Waals surface area (Å²) in [6.45, 7) is 2.22. The number of aryl methyl sites for hydroxylation is 1. The van der Waals surface area contributed by atoms with Crippen molar-refractivity contribution in [2.24, 2.45) is 0 Å². The Morgan fingerprint density at radius 3 is 2.29 bits per heavy atom.